The number of ether oxygens (including phenoxy) is 1. The molecule has 0 radical (unpaired) electrons. The van der Waals surface area contributed by atoms with Gasteiger partial charge in [0.15, 0.2) is 12.4 Å². The number of nitrogens with zero attached hydrogens (tertiary/aromatic N) is 1. The van der Waals surface area contributed by atoms with Crippen molar-refractivity contribution < 1.29 is 9.30 Å². The van der Waals surface area contributed by atoms with E-state index in [4.69, 9.17) is 4.74 Å². The third kappa shape index (κ3) is 8.58. The molecular formula is C29H41BrNO+. The van der Waals surface area contributed by atoms with Gasteiger partial charge in [-0.25, -0.2) is 4.57 Å². The number of halogens is 1. The first kappa shape index (κ1) is 26.4. The molecule has 2 nitrogen and oxygen atoms in total. The van der Waals surface area contributed by atoms with Crippen LogP contribution < -0.4 is 9.30 Å². The van der Waals surface area contributed by atoms with Crippen LogP contribution in [0.1, 0.15) is 76.3 Å². The standard InChI is InChI=1S/C29H40NO.BrH/c1-3-5-7-13-25-17-18-29(27(23-25)15-8-6-4-2)31-22-12-11-20-30-21-19-26-14-9-10-16-28(26)24-30;/h9-10,14,16-19,21,23-24H,3-8,11-13,15,20,22H2,1-2H3;1H/q+1;. The van der Waals surface area contributed by atoms with Crippen LogP contribution in [0.4, 0.5) is 0 Å². The number of fused-ring (bicyclic) bond motifs is 1. The molecule has 3 heteroatoms. The molecule has 0 saturated carbocycles. The summed E-state index contributed by atoms with van der Waals surface area (Å²) in [6.07, 6.45) is 16.7. The summed E-state index contributed by atoms with van der Waals surface area (Å²) in [6.45, 7) is 6.37. The van der Waals surface area contributed by atoms with E-state index in [-0.39, 0.29) is 17.0 Å². The lowest BCUT2D eigenvalue weighted by Crippen LogP contribution is -2.32. The molecule has 1 heterocycles. The van der Waals surface area contributed by atoms with Crippen LogP contribution in [0, 0.1) is 0 Å². The molecule has 1 aromatic heterocycles. The van der Waals surface area contributed by atoms with Crippen molar-refractivity contribution in [1.82, 2.24) is 0 Å². The van der Waals surface area contributed by atoms with Gasteiger partial charge in [-0.05, 0) is 60.7 Å². The predicted molar refractivity (Wildman–Crippen MR) is 142 cm³/mol. The van der Waals surface area contributed by atoms with Gasteiger partial charge in [-0.3, -0.25) is 0 Å². The fourth-order valence-corrected chi connectivity index (χ4v) is 4.16. The minimum Gasteiger partial charge on any atom is -0.493 e. The Labute approximate surface area is 205 Å². The van der Waals surface area contributed by atoms with E-state index in [0.29, 0.717) is 0 Å². The molecule has 0 aliphatic rings. The molecule has 32 heavy (non-hydrogen) atoms. The molecule has 0 fully saturated rings. The molecule has 0 atom stereocenters. The van der Waals surface area contributed by atoms with Gasteiger partial charge in [-0.1, -0.05) is 69.9 Å². The summed E-state index contributed by atoms with van der Waals surface area (Å²) in [7, 11) is 0. The second-order valence-corrected chi connectivity index (χ2v) is 8.72. The molecule has 0 amide bonds. The highest BCUT2D eigenvalue weighted by atomic mass is 79.9. The molecule has 174 valence electrons. The van der Waals surface area contributed by atoms with E-state index in [9.17, 15) is 0 Å². The largest absolute Gasteiger partial charge is 0.493 e. The fraction of sp³-hybridized carbons (Fsp3) is 0.483. The van der Waals surface area contributed by atoms with Crippen molar-refractivity contribution in [2.75, 3.05) is 6.61 Å². The lowest BCUT2D eigenvalue weighted by molar-refractivity contribution is -0.696. The second kappa shape index (κ2) is 15.1. The van der Waals surface area contributed by atoms with Crippen LogP contribution >= 0.6 is 17.0 Å². The zero-order valence-corrected chi connectivity index (χ0v) is 21.7. The summed E-state index contributed by atoms with van der Waals surface area (Å²) in [5.74, 6) is 1.11. The third-order valence-corrected chi connectivity index (χ3v) is 6.06. The Balaban J connectivity index is 0.00000363. The first-order valence-corrected chi connectivity index (χ1v) is 12.4. The minimum absolute atomic E-state index is 0. The number of hydrogen-bond acceptors (Lipinski definition) is 1. The van der Waals surface area contributed by atoms with Crippen LogP contribution in [0.3, 0.4) is 0 Å². The topological polar surface area (TPSA) is 13.1 Å². The van der Waals surface area contributed by atoms with Crippen molar-refractivity contribution in [1.29, 1.82) is 0 Å². The molecule has 0 aliphatic heterocycles. The van der Waals surface area contributed by atoms with Gasteiger partial charge in [0, 0.05) is 17.9 Å². The van der Waals surface area contributed by atoms with Gasteiger partial charge < -0.3 is 4.74 Å². The quantitative estimate of drug-likeness (QED) is 0.162. The summed E-state index contributed by atoms with van der Waals surface area (Å²) in [4.78, 5) is 0. The van der Waals surface area contributed by atoms with E-state index in [1.807, 2.05) is 0 Å². The van der Waals surface area contributed by atoms with Crippen LogP contribution in [-0.4, -0.2) is 6.61 Å². The Hall–Kier alpha value is -1.87. The van der Waals surface area contributed by atoms with Crippen LogP contribution in [0.5, 0.6) is 5.75 Å². The average Bonchev–Trinajstić information content (AvgIpc) is 2.80. The highest BCUT2D eigenvalue weighted by Gasteiger charge is 2.07. The third-order valence-electron chi connectivity index (χ3n) is 6.06. The molecule has 2 aromatic carbocycles. The van der Waals surface area contributed by atoms with E-state index in [1.54, 1.807) is 0 Å². The minimum atomic E-state index is 0. The van der Waals surface area contributed by atoms with Gasteiger partial charge in [0.25, 0.3) is 0 Å². The Bertz CT molecular complexity index is 924. The average molecular weight is 500 g/mol. The molecule has 0 bridgehead atoms. The van der Waals surface area contributed by atoms with Crippen molar-refractivity contribution in [2.45, 2.75) is 84.6 Å². The highest BCUT2D eigenvalue weighted by molar-refractivity contribution is 8.93. The van der Waals surface area contributed by atoms with Crippen molar-refractivity contribution in [3.05, 3.63) is 72.1 Å². The van der Waals surface area contributed by atoms with Gasteiger partial charge >= 0.3 is 0 Å². The Morgan fingerprint density at radius 3 is 2.28 bits per heavy atom. The lowest BCUT2D eigenvalue weighted by atomic mass is 10.00. The SMILES string of the molecule is Br.CCCCCc1ccc(OCCCC[n+]2ccc3ccccc3c2)c(CCCCC)c1. The van der Waals surface area contributed by atoms with Gasteiger partial charge in [0.2, 0.25) is 0 Å². The van der Waals surface area contributed by atoms with E-state index < -0.39 is 0 Å². The van der Waals surface area contributed by atoms with Crippen LogP contribution in [0.25, 0.3) is 10.8 Å². The fourth-order valence-electron chi connectivity index (χ4n) is 4.16. The predicted octanol–water partition coefficient (Wildman–Crippen LogP) is 8.03. The van der Waals surface area contributed by atoms with Gasteiger partial charge in [0.1, 0.15) is 12.3 Å². The normalized spacial score (nSPS) is 10.8. The van der Waals surface area contributed by atoms with Crippen molar-refractivity contribution in [3.8, 4) is 5.75 Å². The summed E-state index contributed by atoms with van der Waals surface area (Å²) >= 11 is 0. The number of aromatic nitrogens is 1. The number of aryl methyl sites for hydroxylation is 3. The number of benzene rings is 2. The van der Waals surface area contributed by atoms with E-state index in [1.165, 1.54) is 66.8 Å². The Morgan fingerprint density at radius 1 is 0.750 bits per heavy atom. The summed E-state index contributed by atoms with van der Waals surface area (Å²) in [5, 5.41) is 2.60. The number of unbranched alkanes of at least 4 members (excludes halogenated alkanes) is 5. The second-order valence-electron chi connectivity index (χ2n) is 8.72. The molecule has 0 spiro atoms. The molecule has 0 aliphatic carbocycles. The van der Waals surface area contributed by atoms with Crippen LogP contribution in [0.15, 0.2) is 60.9 Å². The molecular weight excluding hydrogens is 458 g/mol. The maximum Gasteiger partial charge on any atom is 0.176 e. The molecule has 3 rings (SSSR count). The zero-order valence-electron chi connectivity index (χ0n) is 20.0. The van der Waals surface area contributed by atoms with Crippen molar-refractivity contribution in [3.63, 3.8) is 0 Å². The summed E-state index contributed by atoms with van der Waals surface area (Å²) in [6, 6.07) is 17.7. The number of pyridine rings is 1. The van der Waals surface area contributed by atoms with Crippen molar-refractivity contribution >= 4 is 27.8 Å². The van der Waals surface area contributed by atoms with Gasteiger partial charge in [0.05, 0.1) is 6.61 Å². The molecule has 0 N–H and O–H groups in total. The lowest BCUT2D eigenvalue weighted by Gasteiger charge is -2.13. The zero-order chi connectivity index (χ0) is 21.7. The first-order valence-electron chi connectivity index (χ1n) is 12.4. The van der Waals surface area contributed by atoms with Crippen LogP contribution in [-0.2, 0) is 19.4 Å². The molecule has 3 aromatic rings. The number of rotatable bonds is 14. The summed E-state index contributed by atoms with van der Waals surface area (Å²) in [5.41, 5.74) is 2.88. The molecule has 0 unspecified atom stereocenters. The smallest absolute Gasteiger partial charge is 0.176 e. The van der Waals surface area contributed by atoms with Crippen LogP contribution in [0.2, 0.25) is 0 Å². The summed E-state index contributed by atoms with van der Waals surface area (Å²) < 4.78 is 8.54. The van der Waals surface area contributed by atoms with E-state index >= 15 is 0 Å². The number of hydrogen-bond donors (Lipinski definition) is 0. The van der Waals surface area contributed by atoms with E-state index in [2.05, 4.69) is 79.3 Å². The maximum absolute atomic E-state index is 6.25. The molecule has 0 saturated heterocycles. The van der Waals surface area contributed by atoms with Gasteiger partial charge in [-0.15, -0.1) is 17.0 Å². The van der Waals surface area contributed by atoms with E-state index in [0.717, 1.165) is 38.2 Å². The van der Waals surface area contributed by atoms with Gasteiger partial charge in [-0.2, -0.15) is 0 Å². The first-order chi connectivity index (χ1) is 15.3. The highest BCUT2D eigenvalue weighted by Crippen LogP contribution is 2.24. The monoisotopic (exact) mass is 498 g/mol. The Kier molecular flexibility index (Phi) is 12.4. The maximum atomic E-state index is 6.25. The van der Waals surface area contributed by atoms with Crippen molar-refractivity contribution in [2.24, 2.45) is 0 Å². The Morgan fingerprint density at radius 2 is 1.50 bits per heavy atom.